The summed E-state index contributed by atoms with van der Waals surface area (Å²) < 4.78 is 12.0. The molecule has 0 amide bonds. The summed E-state index contributed by atoms with van der Waals surface area (Å²) in [6.07, 6.45) is 11.5. The summed E-state index contributed by atoms with van der Waals surface area (Å²) in [7, 11) is 1.71. The highest BCUT2D eigenvalue weighted by atomic mass is 16.5. The first-order chi connectivity index (χ1) is 18.9. The molecule has 0 saturated heterocycles. The molecule has 0 spiro atoms. The molecule has 39 heavy (non-hydrogen) atoms. The standard InChI is InChI=1S/C37H38O2/c1-8-29(30-16-12-14-25(3)24-30)21-22-32(28(6)33-17-10-11-18-34(33)38-7)26(4)20-23-35-31(9-2)37-27(5)15-13-19-36(37)39-35/h8,10-24H,4,9H2,1-3,5-7H3/b22-21-,23-20-,29-8+,32-28-. The van der Waals surface area contributed by atoms with E-state index in [1.54, 1.807) is 7.11 Å². The van der Waals surface area contributed by atoms with E-state index in [4.69, 9.17) is 9.15 Å². The average Bonchev–Trinajstić information content (AvgIpc) is 3.32. The van der Waals surface area contributed by atoms with Gasteiger partial charge in [-0.25, -0.2) is 0 Å². The third kappa shape index (κ3) is 6.07. The molecule has 0 atom stereocenters. The van der Waals surface area contributed by atoms with Crippen LogP contribution in [0.15, 0.2) is 113 Å². The van der Waals surface area contributed by atoms with E-state index in [2.05, 4.69) is 108 Å². The fourth-order valence-electron chi connectivity index (χ4n) is 5.10. The molecule has 4 rings (SSSR count). The van der Waals surface area contributed by atoms with Crippen LogP contribution in [0.1, 0.15) is 54.3 Å². The van der Waals surface area contributed by atoms with E-state index in [0.29, 0.717) is 0 Å². The summed E-state index contributed by atoms with van der Waals surface area (Å²) in [6.45, 7) is 15.1. The highest BCUT2D eigenvalue weighted by molar-refractivity contribution is 5.88. The zero-order chi connectivity index (χ0) is 27.9. The molecule has 0 fully saturated rings. The number of benzene rings is 3. The lowest BCUT2D eigenvalue weighted by atomic mass is 9.93. The van der Waals surface area contributed by atoms with Crippen molar-refractivity contribution in [1.82, 2.24) is 0 Å². The smallest absolute Gasteiger partial charge is 0.135 e. The fraction of sp³-hybridized carbons (Fsp3) is 0.189. The van der Waals surface area contributed by atoms with Crippen LogP contribution in [-0.4, -0.2) is 7.11 Å². The van der Waals surface area contributed by atoms with Gasteiger partial charge in [-0.15, -0.1) is 0 Å². The minimum Gasteiger partial charge on any atom is -0.496 e. The Bertz CT molecular complexity index is 1620. The largest absolute Gasteiger partial charge is 0.496 e. The van der Waals surface area contributed by atoms with Gasteiger partial charge in [0.1, 0.15) is 17.1 Å². The van der Waals surface area contributed by atoms with Gasteiger partial charge in [0.15, 0.2) is 0 Å². The van der Waals surface area contributed by atoms with E-state index in [1.165, 1.54) is 27.6 Å². The average molecular weight is 515 g/mol. The van der Waals surface area contributed by atoms with Crippen molar-refractivity contribution < 1.29 is 9.15 Å². The zero-order valence-electron chi connectivity index (χ0n) is 24.0. The number of fused-ring (bicyclic) bond motifs is 1. The maximum atomic E-state index is 6.28. The SMILES string of the molecule is C=C(/C=C\c1oc2cccc(C)c2c1CC)C(/C=C\C(=C/C)c1cccc(C)c1)=C(/C)c1ccccc1OC. The Kier molecular flexibility index (Phi) is 8.88. The Labute approximate surface area is 233 Å². The number of para-hydroxylation sites is 1. The summed E-state index contributed by atoms with van der Waals surface area (Å²) in [6, 6.07) is 22.9. The minimum atomic E-state index is 0.837. The molecule has 0 aliphatic rings. The van der Waals surface area contributed by atoms with Crippen molar-refractivity contribution >= 4 is 28.2 Å². The van der Waals surface area contributed by atoms with Crippen LogP contribution < -0.4 is 4.74 Å². The van der Waals surface area contributed by atoms with E-state index in [1.807, 2.05) is 30.3 Å². The van der Waals surface area contributed by atoms with Crippen molar-refractivity contribution in [2.75, 3.05) is 7.11 Å². The molecular formula is C37H38O2. The van der Waals surface area contributed by atoms with Crippen LogP contribution in [-0.2, 0) is 6.42 Å². The molecular weight excluding hydrogens is 476 g/mol. The second-order valence-corrected chi connectivity index (χ2v) is 9.79. The van der Waals surface area contributed by atoms with Crippen LogP contribution in [0.2, 0.25) is 0 Å². The molecule has 0 radical (unpaired) electrons. The van der Waals surface area contributed by atoms with E-state index < -0.39 is 0 Å². The Balaban J connectivity index is 1.79. The molecule has 0 N–H and O–H groups in total. The van der Waals surface area contributed by atoms with Crippen LogP contribution >= 0.6 is 0 Å². The predicted octanol–water partition coefficient (Wildman–Crippen LogP) is 10.3. The molecule has 4 aromatic rings. The van der Waals surface area contributed by atoms with Crippen LogP contribution in [0, 0.1) is 13.8 Å². The van der Waals surface area contributed by atoms with Crippen molar-refractivity contribution in [1.29, 1.82) is 0 Å². The second-order valence-electron chi connectivity index (χ2n) is 9.79. The maximum Gasteiger partial charge on any atom is 0.135 e. The topological polar surface area (TPSA) is 22.4 Å². The van der Waals surface area contributed by atoms with Crippen molar-refractivity contribution in [2.24, 2.45) is 0 Å². The van der Waals surface area contributed by atoms with E-state index in [0.717, 1.165) is 51.4 Å². The third-order valence-corrected chi connectivity index (χ3v) is 7.20. The summed E-state index contributed by atoms with van der Waals surface area (Å²) in [5.74, 6) is 1.72. The number of allylic oxidation sites excluding steroid dienone is 8. The van der Waals surface area contributed by atoms with Crippen molar-refractivity contribution in [3.8, 4) is 5.75 Å². The number of hydrogen-bond donors (Lipinski definition) is 0. The van der Waals surface area contributed by atoms with Crippen LogP contribution in [0.25, 0.3) is 28.2 Å². The van der Waals surface area contributed by atoms with Gasteiger partial charge in [-0.05, 0) is 85.7 Å². The lowest BCUT2D eigenvalue weighted by Crippen LogP contribution is -1.94. The lowest BCUT2D eigenvalue weighted by molar-refractivity contribution is 0.413. The number of methoxy groups -OCH3 is 1. The monoisotopic (exact) mass is 514 g/mol. The third-order valence-electron chi connectivity index (χ3n) is 7.20. The van der Waals surface area contributed by atoms with Gasteiger partial charge in [-0.1, -0.05) is 98.0 Å². The van der Waals surface area contributed by atoms with Gasteiger partial charge < -0.3 is 9.15 Å². The first-order valence-electron chi connectivity index (χ1n) is 13.5. The molecule has 1 heterocycles. The summed E-state index contributed by atoms with van der Waals surface area (Å²) >= 11 is 0. The van der Waals surface area contributed by atoms with Gasteiger partial charge >= 0.3 is 0 Å². The molecule has 3 aromatic carbocycles. The zero-order valence-corrected chi connectivity index (χ0v) is 24.0. The molecule has 1 aromatic heterocycles. The highest BCUT2D eigenvalue weighted by Crippen LogP contribution is 2.34. The number of aryl methyl sites for hydroxylation is 3. The maximum absolute atomic E-state index is 6.28. The Morgan fingerprint density at radius 1 is 0.949 bits per heavy atom. The summed E-state index contributed by atoms with van der Waals surface area (Å²) in [5, 5.41) is 1.21. The number of furan rings is 1. The molecule has 0 aliphatic carbocycles. The number of ether oxygens (including phenoxy) is 1. The molecule has 0 aliphatic heterocycles. The fourth-order valence-corrected chi connectivity index (χ4v) is 5.10. The van der Waals surface area contributed by atoms with Gasteiger partial charge in [-0.3, -0.25) is 0 Å². The Morgan fingerprint density at radius 3 is 2.44 bits per heavy atom. The first kappa shape index (κ1) is 27.7. The van der Waals surface area contributed by atoms with Crippen LogP contribution in [0.4, 0.5) is 0 Å². The van der Waals surface area contributed by atoms with Gasteiger partial charge in [0.2, 0.25) is 0 Å². The minimum absolute atomic E-state index is 0.837. The summed E-state index contributed by atoms with van der Waals surface area (Å²) in [5.41, 5.74) is 11.0. The Hall–Kier alpha value is -4.30. The normalized spacial score (nSPS) is 12.9. The van der Waals surface area contributed by atoms with Gasteiger partial charge in [0.05, 0.1) is 7.11 Å². The van der Waals surface area contributed by atoms with Gasteiger partial charge in [0, 0.05) is 16.5 Å². The predicted molar refractivity (Wildman–Crippen MR) is 168 cm³/mol. The van der Waals surface area contributed by atoms with Crippen molar-refractivity contribution in [3.63, 3.8) is 0 Å². The van der Waals surface area contributed by atoms with Crippen LogP contribution in [0.5, 0.6) is 5.75 Å². The number of rotatable bonds is 9. The van der Waals surface area contributed by atoms with Crippen molar-refractivity contribution in [3.05, 3.63) is 142 Å². The lowest BCUT2D eigenvalue weighted by Gasteiger charge is -2.14. The van der Waals surface area contributed by atoms with E-state index >= 15 is 0 Å². The molecule has 2 heteroatoms. The molecule has 198 valence electrons. The Morgan fingerprint density at radius 2 is 1.72 bits per heavy atom. The molecule has 2 nitrogen and oxygen atoms in total. The van der Waals surface area contributed by atoms with Crippen molar-refractivity contribution in [2.45, 2.75) is 41.0 Å². The molecule has 0 unspecified atom stereocenters. The number of hydrogen-bond acceptors (Lipinski definition) is 2. The van der Waals surface area contributed by atoms with Gasteiger partial charge in [-0.2, -0.15) is 0 Å². The molecule has 0 bridgehead atoms. The van der Waals surface area contributed by atoms with E-state index in [-0.39, 0.29) is 0 Å². The van der Waals surface area contributed by atoms with Crippen LogP contribution in [0.3, 0.4) is 0 Å². The second kappa shape index (κ2) is 12.5. The quantitative estimate of drug-likeness (QED) is 0.207. The molecule has 0 saturated carbocycles. The highest BCUT2D eigenvalue weighted by Gasteiger charge is 2.14. The summed E-state index contributed by atoms with van der Waals surface area (Å²) in [4.78, 5) is 0. The van der Waals surface area contributed by atoms with Gasteiger partial charge in [0.25, 0.3) is 0 Å². The van der Waals surface area contributed by atoms with E-state index in [9.17, 15) is 0 Å². The first-order valence-corrected chi connectivity index (χ1v) is 13.5.